The summed E-state index contributed by atoms with van der Waals surface area (Å²) in [4.78, 5) is 17.2. The van der Waals surface area contributed by atoms with Crippen molar-refractivity contribution in [2.24, 2.45) is 0 Å². The second-order valence-electron chi connectivity index (χ2n) is 6.15. The Morgan fingerprint density at radius 2 is 1.96 bits per heavy atom. The van der Waals surface area contributed by atoms with Gasteiger partial charge in [0.05, 0.1) is 18.1 Å². The van der Waals surface area contributed by atoms with Crippen LogP contribution in [0.15, 0.2) is 36.4 Å². The Kier molecular flexibility index (Phi) is 4.05. The molecular weight excluding hydrogens is 318 g/mol. The highest BCUT2D eigenvalue weighted by atomic mass is 16.5. The van der Waals surface area contributed by atoms with Gasteiger partial charge in [-0.25, -0.2) is 4.98 Å². The monoisotopic (exact) mass is 337 g/mol. The molecule has 7 nitrogen and oxygen atoms in total. The first kappa shape index (κ1) is 15.6. The number of rotatable bonds is 4. The van der Waals surface area contributed by atoms with Gasteiger partial charge < -0.3 is 9.30 Å². The highest BCUT2D eigenvalue weighted by Crippen LogP contribution is 2.35. The Bertz CT molecular complexity index is 897. The van der Waals surface area contributed by atoms with E-state index in [0.717, 1.165) is 23.9 Å². The van der Waals surface area contributed by atoms with E-state index < -0.39 is 0 Å². The third-order valence-electron chi connectivity index (χ3n) is 4.59. The van der Waals surface area contributed by atoms with Crippen molar-refractivity contribution in [1.29, 1.82) is 0 Å². The SMILES string of the molecule is COc1ccc(C(=O)Nc2nc3ccccc3n2C2CCCC2)nn1. The summed E-state index contributed by atoms with van der Waals surface area (Å²) in [5.74, 6) is 0.607. The van der Waals surface area contributed by atoms with Crippen LogP contribution in [-0.2, 0) is 0 Å². The van der Waals surface area contributed by atoms with Crippen molar-refractivity contribution in [3.05, 3.63) is 42.1 Å². The first-order chi connectivity index (χ1) is 12.3. The van der Waals surface area contributed by atoms with Crippen LogP contribution < -0.4 is 10.1 Å². The summed E-state index contributed by atoms with van der Waals surface area (Å²) in [6.45, 7) is 0. The number of nitrogens with one attached hydrogen (secondary N) is 1. The molecule has 0 radical (unpaired) electrons. The van der Waals surface area contributed by atoms with E-state index in [2.05, 4.69) is 25.1 Å². The zero-order chi connectivity index (χ0) is 17.2. The van der Waals surface area contributed by atoms with E-state index in [1.165, 1.54) is 20.0 Å². The van der Waals surface area contributed by atoms with Gasteiger partial charge in [-0.05, 0) is 31.0 Å². The van der Waals surface area contributed by atoms with Crippen LogP contribution >= 0.6 is 0 Å². The predicted octanol–water partition coefficient (Wildman–Crippen LogP) is 3.20. The van der Waals surface area contributed by atoms with Crippen molar-refractivity contribution < 1.29 is 9.53 Å². The Morgan fingerprint density at radius 3 is 2.68 bits per heavy atom. The minimum atomic E-state index is -0.329. The quantitative estimate of drug-likeness (QED) is 0.790. The first-order valence-corrected chi connectivity index (χ1v) is 8.42. The average Bonchev–Trinajstić information content (AvgIpc) is 3.28. The molecule has 0 bridgehead atoms. The van der Waals surface area contributed by atoms with Crippen molar-refractivity contribution in [1.82, 2.24) is 19.7 Å². The Balaban J connectivity index is 1.68. The van der Waals surface area contributed by atoms with Crippen LogP contribution in [-0.4, -0.2) is 32.8 Å². The maximum absolute atomic E-state index is 12.5. The molecule has 4 rings (SSSR count). The summed E-state index contributed by atoms with van der Waals surface area (Å²) >= 11 is 0. The van der Waals surface area contributed by atoms with Gasteiger partial charge in [0.15, 0.2) is 5.69 Å². The molecule has 7 heteroatoms. The summed E-state index contributed by atoms with van der Waals surface area (Å²) in [5.41, 5.74) is 2.15. The third-order valence-corrected chi connectivity index (χ3v) is 4.59. The van der Waals surface area contributed by atoms with Crippen LogP contribution in [0.2, 0.25) is 0 Å². The van der Waals surface area contributed by atoms with Crippen LogP contribution in [0.25, 0.3) is 11.0 Å². The van der Waals surface area contributed by atoms with Crippen molar-refractivity contribution in [2.45, 2.75) is 31.7 Å². The number of ether oxygens (including phenoxy) is 1. The first-order valence-electron chi connectivity index (χ1n) is 8.42. The summed E-state index contributed by atoms with van der Waals surface area (Å²) in [6.07, 6.45) is 4.61. The number of hydrogen-bond donors (Lipinski definition) is 1. The molecular formula is C18H19N5O2. The molecule has 0 unspecified atom stereocenters. The number of aromatic nitrogens is 4. The van der Waals surface area contributed by atoms with Crippen LogP contribution in [0.3, 0.4) is 0 Å². The van der Waals surface area contributed by atoms with Crippen LogP contribution in [0.4, 0.5) is 5.95 Å². The van der Waals surface area contributed by atoms with Crippen LogP contribution in [0.5, 0.6) is 5.88 Å². The maximum atomic E-state index is 12.5. The fraction of sp³-hybridized carbons (Fsp3) is 0.333. The summed E-state index contributed by atoms with van der Waals surface area (Å²) < 4.78 is 7.12. The molecule has 2 aromatic heterocycles. The number of benzene rings is 1. The largest absolute Gasteiger partial charge is 0.480 e. The Morgan fingerprint density at radius 1 is 1.16 bits per heavy atom. The molecule has 128 valence electrons. The molecule has 25 heavy (non-hydrogen) atoms. The molecule has 1 aliphatic carbocycles. The van der Waals surface area contributed by atoms with Crippen molar-refractivity contribution in [2.75, 3.05) is 12.4 Å². The fourth-order valence-corrected chi connectivity index (χ4v) is 3.38. The number of nitrogens with zero attached hydrogens (tertiary/aromatic N) is 4. The molecule has 0 saturated heterocycles. The zero-order valence-electron chi connectivity index (χ0n) is 14.0. The highest BCUT2D eigenvalue weighted by molar-refractivity contribution is 6.02. The van der Waals surface area contributed by atoms with Gasteiger partial charge in [0.1, 0.15) is 0 Å². The predicted molar refractivity (Wildman–Crippen MR) is 93.8 cm³/mol. The van der Waals surface area contributed by atoms with Gasteiger partial charge in [-0.1, -0.05) is 25.0 Å². The molecule has 0 spiro atoms. The van der Waals surface area contributed by atoms with Gasteiger partial charge >= 0.3 is 0 Å². The lowest BCUT2D eigenvalue weighted by atomic mass is 10.2. The summed E-state index contributed by atoms with van der Waals surface area (Å²) in [6, 6.07) is 11.5. The number of carbonyl (C=O) groups excluding carboxylic acids is 1. The molecule has 3 aromatic rings. The molecule has 1 aliphatic rings. The van der Waals surface area contributed by atoms with Crippen molar-refractivity contribution in [3.8, 4) is 5.88 Å². The number of hydrogen-bond acceptors (Lipinski definition) is 5. The van der Waals surface area contributed by atoms with Crippen molar-refractivity contribution >= 4 is 22.9 Å². The van der Waals surface area contributed by atoms with Crippen molar-refractivity contribution in [3.63, 3.8) is 0 Å². The topological polar surface area (TPSA) is 81.9 Å². The molecule has 1 amide bonds. The van der Waals surface area contributed by atoms with E-state index in [9.17, 15) is 4.79 Å². The van der Waals surface area contributed by atoms with E-state index in [0.29, 0.717) is 17.9 Å². The number of para-hydroxylation sites is 2. The van der Waals surface area contributed by atoms with Gasteiger partial charge in [0, 0.05) is 12.1 Å². The van der Waals surface area contributed by atoms with Gasteiger partial charge in [-0.2, -0.15) is 0 Å². The normalized spacial score (nSPS) is 14.8. The maximum Gasteiger partial charge on any atom is 0.278 e. The molecule has 1 aromatic carbocycles. The van der Waals surface area contributed by atoms with Gasteiger partial charge in [0.2, 0.25) is 11.8 Å². The number of amides is 1. The Hall–Kier alpha value is -2.96. The number of imidazole rings is 1. The third kappa shape index (κ3) is 2.93. The number of carbonyl (C=O) groups is 1. The molecule has 1 saturated carbocycles. The molecule has 2 heterocycles. The molecule has 0 aliphatic heterocycles. The van der Waals surface area contributed by atoms with E-state index in [1.54, 1.807) is 12.1 Å². The average molecular weight is 337 g/mol. The second kappa shape index (κ2) is 6.51. The lowest BCUT2D eigenvalue weighted by Gasteiger charge is -2.16. The molecule has 1 fully saturated rings. The van der Waals surface area contributed by atoms with E-state index in [1.807, 2.05) is 24.3 Å². The van der Waals surface area contributed by atoms with E-state index in [-0.39, 0.29) is 11.6 Å². The van der Waals surface area contributed by atoms with Gasteiger partial charge in [0.25, 0.3) is 5.91 Å². The van der Waals surface area contributed by atoms with Gasteiger partial charge in [-0.15, -0.1) is 10.2 Å². The minimum absolute atomic E-state index is 0.228. The lowest BCUT2D eigenvalue weighted by Crippen LogP contribution is -2.19. The zero-order valence-corrected chi connectivity index (χ0v) is 14.0. The van der Waals surface area contributed by atoms with Gasteiger partial charge in [-0.3, -0.25) is 10.1 Å². The highest BCUT2D eigenvalue weighted by Gasteiger charge is 2.24. The standard InChI is InChI=1S/C18H19N5O2/c1-25-16-11-10-14(21-22-16)17(24)20-18-19-13-8-4-5-9-15(13)23(18)12-6-2-3-7-12/h4-5,8-12H,2-3,6-7H2,1H3,(H,19,20,24). The minimum Gasteiger partial charge on any atom is -0.480 e. The molecule has 1 N–H and O–H groups in total. The van der Waals surface area contributed by atoms with E-state index >= 15 is 0 Å². The van der Waals surface area contributed by atoms with E-state index in [4.69, 9.17) is 4.74 Å². The van der Waals surface area contributed by atoms with Crippen LogP contribution in [0.1, 0.15) is 42.2 Å². The number of methoxy groups -OCH3 is 1. The Labute approximate surface area is 145 Å². The van der Waals surface area contributed by atoms with Crippen LogP contribution in [0, 0.1) is 0 Å². The number of fused-ring (bicyclic) bond motifs is 1. The second-order valence-corrected chi connectivity index (χ2v) is 6.15. The smallest absolute Gasteiger partial charge is 0.278 e. The summed E-state index contributed by atoms with van der Waals surface area (Å²) in [5, 5.41) is 10.6. The lowest BCUT2D eigenvalue weighted by molar-refractivity contribution is 0.101. The molecule has 0 atom stereocenters. The number of anilines is 1. The fourth-order valence-electron chi connectivity index (χ4n) is 3.38. The summed E-state index contributed by atoms with van der Waals surface area (Å²) in [7, 11) is 1.51.